The van der Waals surface area contributed by atoms with Crippen LogP contribution in [0.3, 0.4) is 0 Å². The van der Waals surface area contributed by atoms with Crippen molar-refractivity contribution in [1.82, 2.24) is 4.90 Å². The first kappa shape index (κ1) is 12.7. The lowest BCUT2D eigenvalue weighted by Crippen LogP contribution is -2.44. The van der Waals surface area contributed by atoms with Crippen molar-refractivity contribution >= 4 is 5.78 Å². The topological polar surface area (TPSA) is 29.5 Å². The fourth-order valence-corrected chi connectivity index (χ4v) is 2.32. The molecule has 0 aromatic rings. The maximum Gasteiger partial charge on any atom is 0.133 e. The number of Topliss-reactive ketones (excluding diaryl/α,β-unsaturated/α-hetero) is 1. The van der Waals surface area contributed by atoms with Crippen molar-refractivity contribution in [2.24, 2.45) is 0 Å². The summed E-state index contributed by atoms with van der Waals surface area (Å²) in [7, 11) is 1.74. The first-order valence-corrected chi connectivity index (χ1v) is 5.91. The van der Waals surface area contributed by atoms with Crippen LogP contribution < -0.4 is 0 Å². The minimum atomic E-state index is 0.432. The second-order valence-electron chi connectivity index (χ2n) is 4.59. The maximum absolute atomic E-state index is 11.2. The molecule has 0 spiro atoms. The molecule has 1 saturated carbocycles. The fraction of sp³-hybridized carbons (Fsp3) is 0.917. The zero-order valence-corrected chi connectivity index (χ0v) is 10.2. The number of hydrogen-bond donors (Lipinski definition) is 0. The van der Waals surface area contributed by atoms with Crippen molar-refractivity contribution in [3.63, 3.8) is 0 Å². The van der Waals surface area contributed by atoms with E-state index in [0.717, 1.165) is 38.8 Å². The third-order valence-corrected chi connectivity index (χ3v) is 3.20. The van der Waals surface area contributed by atoms with E-state index in [0.29, 0.717) is 17.9 Å². The Balaban J connectivity index is 2.44. The van der Waals surface area contributed by atoms with Crippen molar-refractivity contribution in [2.45, 2.75) is 51.6 Å². The Morgan fingerprint density at radius 3 is 2.47 bits per heavy atom. The second-order valence-corrected chi connectivity index (χ2v) is 4.59. The van der Waals surface area contributed by atoms with Gasteiger partial charge < -0.3 is 4.74 Å². The molecule has 88 valence electrons. The molecule has 0 aliphatic heterocycles. The number of carbonyl (C=O) groups is 1. The Bertz CT molecular complexity index is 194. The van der Waals surface area contributed by atoms with Gasteiger partial charge in [0.05, 0.1) is 6.61 Å². The number of methoxy groups -OCH3 is 1. The molecule has 0 unspecified atom stereocenters. The van der Waals surface area contributed by atoms with Crippen LogP contribution in [0, 0.1) is 0 Å². The average Bonchev–Trinajstić information content (AvgIpc) is 2.21. The molecule has 1 fully saturated rings. The minimum absolute atomic E-state index is 0.432. The molecular weight excluding hydrogens is 190 g/mol. The number of rotatable bonds is 5. The van der Waals surface area contributed by atoms with Crippen LogP contribution in [-0.2, 0) is 9.53 Å². The average molecular weight is 213 g/mol. The van der Waals surface area contributed by atoms with Gasteiger partial charge >= 0.3 is 0 Å². The van der Waals surface area contributed by atoms with E-state index in [2.05, 4.69) is 18.7 Å². The third kappa shape index (κ3) is 3.92. The highest BCUT2D eigenvalue weighted by Crippen LogP contribution is 2.21. The van der Waals surface area contributed by atoms with Crippen LogP contribution in [0.15, 0.2) is 0 Å². The molecule has 3 nitrogen and oxygen atoms in total. The molecule has 0 atom stereocenters. The molecule has 3 heteroatoms. The van der Waals surface area contributed by atoms with E-state index in [9.17, 15) is 4.79 Å². The third-order valence-electron chi connectivity index (χ3n) is 3.20. The summed E-state index contributed by atoms with van der Waals surface area (Å²) in [5, 5.41) is 0. The number of carbonyl (C=O) groups excluding carboxylic acids is 1. The van der Waals surface area contributed by atoms with Gasteiger partial charge in [-0.15, -0.1) is 0 Å². The fourth-order valence-electron chi connectivity index (χ4n) is 2.32. The zero-order chi connectivity index (χ0) is 11.3. The predicted molar refractivity (Wildman–Crippen MR) is 61.0 cm³/mol. The van der Waals surface area contributed by atoms with Crippen LogP contribution in [0.5, 0.6) is 0 Å². The highest BCUT2D eigenvalue weighted by Gasteiger charge is 2.25. The molecule has 1 rings (SSSR count). The van der Waals surface area contributed by atoms with Crippen LogP contribution in [0.25, 0.3) is 0 Å². The van der Waals surface area contributed by atoms with Crippen molar-refractivity contribution < 1.29 is 9.53 Å². The normalized spacial score (nSPS) is 19.1. The van der Waals surface area contributed by atoms with E-state index in [4.69, 9.17) is 4.74 Å². The van der Waals surface area contributed by atoms with Gasteiger partial charge in [-0.1, -0.05) is 0 Å². The minimum Gasteiger partial charge on any atom is -0.383 e. The van der Waals surface area contributed by atoms with E-state index < -0.39 is 0 Å². The highest BCUT2D eigenvalue weighted by molar-refractivity contribution is 5.79. The van der Waals surface area contributed by atoms with Crippen molar-refractivity contribution in [1.29, 1.82) is 0 Å². The Hall–Kier alpha value is -0.410. The first-order chi connectivity index (χ1) is 7.15. The van der Waals surface area contributed by atoms with Gasteiger partial charge in [0.15, 0.2) is 0 Å². The maximum atomic E-state index is 11.2. The summed E-state index contributed by atoms with van der Waals surface area (Å²) in [6.07, 6.45) is 3.59. The number of nitrogens with zero attached hydrogens (tertiary/aromatic N) is 1. The largest absolute Gasteiger partial charge is 0.383 e. The predicted octanol–water partition coefficient (Wildman–Crippen LogP) is 1.85. The van der Waals surface area contributed by atoms with Gasteiger partial charge in [-0.2, -0.15) is 0 Å². The number of ketones is 1. The summed E-state index contributed by atoms with van der Waals surface area (Å²) in [5.41, 5.74) is 0. The Morgan fingerprint density at radius 1 is 1.40 bits per heavy atom. The molecule has 0 saturated heterocycles. The summed E-state index contributed by atoms with van der Waals surface area (Å²) in [6, 6.07) is 1.12. The Morgan fingerprint density at radius 2 is 2.00 bits per heavy atom. The first-order valence-electron chi connectivity index (χ1n) is 5.91. The number of hydrogen-bond acceptors (Lipinski definition) is 3. The molecule has 0 heterocycles. The molecule has 1 aliphatic carbocycles. The van der Waals surface area contributed by atoms with Crippen LogP contribution in [-0.4, -0.2) is 43.0 Å². The lowest BCUT2D eigenvalue weighted by molar-refractivity contribution is -0.121. The van der Waals surface area contributed by atoms with Gasteiger partial charge in [0.1, 0.15) is 5.78 Å². The lowest BCUT2D eigenvalue weighted by Gasteiger charge is -2.36. The van der Waals surface area contributed by atoms with Gasteiger partial charge in [-0.3, -0.25) is 9.69 Å². The Labute approximate surface area is 92.8 Å². The van der Waals surface area contributed by atoms with Gasteiger partial charge in [0, 0.05) is 38.6 Å². The molecule has 1 aliphatic rings. The summed E-state index contributed by atoms with van der Waals surface area (Å²) in [5.74, 6) is 0.432. The van der Waals surface area contributed by atoms with Crippen LogP contribution in [0.1, 0.15) is 39.5 Å². The van der Waals surface area contributed by atoms with Crippen LogP contribution >= 0.6 is 0 Å². The van der Waals surface area contributed by atoms with E-state index in [1.807, 2.05) is 0 Å². The van der Waals surface area contributed by atoms with Crippen molar-refractivity contribution in [3.05, 3.63) is 0 Å². The summed E-state index contributed by atoms with van der Waals surface area (Å²) in [4.78, 5) is 13.6. The van der Waals surface area contributed by atoms with Crippen molar-refractivity contribution in [2.75, 3.05) is 20.3 Å². The molecular formula is C12H23NO2. The van der Waals surface area contributed by atoms with E-state index in [1.54, 1.807) is 7.11 Å². The standard InChI is InChI=1S/C12H23NO2/c1-10(2)13(8-9-15-3)11-4-6-12(14)7-5-11/h10-11H,4-9H2,1-3H3. The van der Waals surface area contributed by atoms with Gasteiger partial charge in [-0.25, -0.2) is 0 Å². The zero-order valence-electron chi connectivity index (χ0n) is 10.2. The number of ether oxygens (including phenoxy) is 1. The molecule has 0 aromatic heterocycles. The Kier molecular flexibility index (Phi) is 5.26. The van der Waals surface area contributed by atoms with E-state index >= 15 is 0 Å². The molecule has 15 heavy (non-hydrogen) atoms. The van der Waals surface area contributed by atoms with E-state index in [-0.39, 0.29) is 0 Å². The van der Waals surface area contributed by atoms with Crippen LogP contribution in [0.4, 0.5) is 0 Å². The summed E-state index contributed by atoms with van der Waals surface area (Å²) in [6.45, 7) is 6.19. The highest BCUT2D eigenvalue weighted by atomic mass is 16.5. The quantitative estimate of drug-likeness (QED) is 0.698. The molecule has 0 N–H and O–H groups in total. The van der Waals surface area contributed by atoms with E-state index in [1.165, 1.54) is 0 Å². The molecule has 0 radical (unpaired) electrons. The lowest BCUT2D eigenvalue weighted by atomic mass is 9.92. The monoisotopic (exact) mass is 213 g/mol. The summed E-state index contributed by atoms with van der Waals surface area (Å²) < 4.78 is 5.13. The van der Waals surface area contributed by atoms with Gasteiger partial charge in [0.2, 0.25) is 0 Å². The molecule has 0 bridgehead atoms. The van der Waals surface area contributed by atoms with Gasteiger partial charge in [-0.05, 0) is 26.7 Å². The molecule has 0 aromatic carbocycles. The van der Waals surface area contributed by atoms with Gasteiger partial charge in [0.25, 0.3) is 0 Å². The smallest absolute Gasteiger partial charge is 0.133 e. The summed E-state index contributed by atoms with van der Waals surface area (Å²) >= 11 is 0. The second kappa shape index (κ2) is 6.23. The molecule has 0 amide bonds. The SMILES string of the molecule is COCCN(C(C)C)C1CCC(=O)CC1. The van der Waals surface area contributed by atoms with Crippen molar-refractivity contribution in [3.8, 4) is 0 Å². The van der Waals surface area contributed by atoms with Crippen LogP contribution in [0.2, 0.25) is 0 Å².